The molecule has 2 rings (SSSR count). The van der Waals surface area contributed by atoms with Crippen molar-refractivity contribution in [3.05, 3.63) is 23.3 Å². The van der Waals surface area contributed by atoms with Crippen molar-refractivity contribution >= 4 is 11.8 Å². The lowest BCUT2D eigenvalue weighted by molar-refractivity contribution is -0.140. The van der Waals surface area contributed by atoms with Crippen LogP contribution in [-0.4, -0.2) is 72.3 Å². The first-order chi connectivity index (χ1) is 13.4. The molecular weight excluding hydrogens is 350 g/mol. The number of rotatable bonds is 6. The molecule has 2 fully saturated rings. The van der Waals surface area contributed by atoms with Crippen LogP contribution in [0.15, 0.2) is 23.3 Å². The minimum absolute atomic E-state index is 0.0966. The Morgan fingerprint density at radius 1 is 0.857 bits per heavy atom. The van der Waals surface area contributed by atoms with Gasteiger partial charge in [0.1, 0.15) is 0 Å². The number of carbonyl (C=O) groups excluding carboxylic acids is 2. The van der Waals surface area contributed by atoms with Crippen molar-refractivity contribution < 1.29 is 9.59 Å². The Balaban J connectivity index is 1.76. The van der Waals surface area contributed by atoms with Crippen LogP contribution in [0.3, 0.4) is 0 Å². The molecule has 0 N–H and O–H groups in total. The van der Waals surface area contributed by atoms with Gasteiger partial charge >= 0.3 is 0 Å². The molecule has 2 amide bonds. The van der Waals surface area contributed by atoms with Crippen LogP contribution in [0.4, 0.5) is 0 Å². The predicted octanol–water partition coefficient (Wildman–Crippen LogP) is 3.47. The normalized spacial score (nSPS) is 20.1. The van der Waals surface area contributed by atoms with Crippen molar-refractivity contribution in [1.29, 1.82) is 0 Å². The predicted molar refractivity (Wildman–Crippen MR) is 115 cm³/mol. The van der Waals surface area contributed by atoms with E-state index in [4.69, 9.17) is 0 Å². The third-order valence-corrected chi connectivity index (χ3v) is 5.98. The van der Waals surface area contributed by atoms with Crippen molar-refractivity contribution in [2.75, 3.05) is 45.8 Å². The Hall–Kier alpha value is -1.62. The molecule has 2 aliphatic rings. The summed E-state index contributed by atoms with van der Waals surface area (Å²) in [6, 6.07) is 0. The van der Waals surface area contributed by atoms with Crippen LogP contribution in [0.25, 0.3) is 0 Å². The van der Waals surface area contributed by atoms with Gasteiger partial charge in [-0.05, 0) is 52.9 Å². The van der Waals surface area contributed by atoms with E-state index in [-0.39, 0.29) is 11.8 Å². The number of carbonyl (C=O) groups is 2. The molecule has 158 valence electrons. The molecule has 28 heavy (non-hydrogen) atoms. The third-order valence-electron chi connectivity index (χ3n) is 5.98. The van der Waals surface area contributed by atoms with Crippen LogP contribution in [0, 0.1) is 5.92 Å². The summed E-state index contributed by atoms with van der Waals surface area (Å²) in [5, 5.41) is 0. The average Bonchev–Trinajstić information content (AvgIpc) is 2.91. The van der Waals surface area contributed by atoms with E-state index in [0.29, 0.717) is 5.91 Å². The molecule has 0 bridgehead atoms. The number of hydrogen-bond acceptors (Lipinski definition) is 3. The first-order valence-corrected chi connectivity index (χ1v) is 10.9. The summed E-state index contributed by atoms with van der Waals surface area (Å²) in [5.41, 5.74) is 2.84. The molecule has 0 atom stereocenters. The van der Waals surface area contributed by atoms with Crippen molar-refractivity contribution in [1.82, 2.24) is 14.7 Å². The standard InChI is InChI=1S/C23H39N3O2/c1-19(2)7-5-8-20(3)9-14-24-12-6-13-26(18-17-24)23(28)22-10-15-25(16-11-22)21(4)27/h7,9,22H,5-6,8,10-18H2,1-4H3/b20-9+. The van der Waals surface area contributed by atoms with E-state index in [2.05, 4.69) is 42.7 Å². The van der Waals surface area contributed by atoms with E-state index in [9.17, 15) is 9.59 Å². The summed E-state index contributed by atoms with van der Waals surface area (Å²) >= 11 is 0. The number of allylic oxidation sites excluding steroid dienone is 3. The van der Waals surface area contributed by atoms with Gasteiger partial charge in [0.25, 0.3) is 0 Å². The van der Waals surface area contributed by atoms with Crippen molar-refractivity contribution in [3.8, 4) is 0 Å². The molecule has 2 saturated heterocycles. The second-order valence-electron chi connectivity index (χ2n) is 8.63. The van der Waals surface area contributed by atoms with Crippen LogP contribution in [0.5, 0.6) is 0 Å². The van der Waals surface area contributed by atoms with Crippen LogP contribution < -0.4 is 0 Å². The van der Waals surface area contributed by atoms with E-state index in [1.54, 1.807) is 6.92 Å². The van der Waals surface area contributed by atoms with Crippen LogP contribution >= 0.6 is 0 Å². The lowest BCUT2D eigenvalue weighted by Crippen LogP contribution is -2.44. The number of amides is 2. The fourth-order valence-electron chi connectivity index (χ4n) is 4.05. The maximum Gasteiger partial charge on any atom is 0.225 e. The topological polar surface area (TPSA) is 43.9 Å². The van der Waals surface area contributed by atoms with Gasteiger partial charge in [-0.1, -0.05) is 23.3 Å². The Morgan fingerprint density at radius 3 is 2.21 bits per heavy atom. The van der Waals surface area contributed by atoms with E-state index in [1.165, 1.54) is 11.1 Å². The van der Waals surface area contributed by atoms with Crippen LogP contribution in [0.2, 0.25) is 0 Å². The molecule has 0 radical (unpaired) electrons. The summed E-state index contributed by atoms with van der Waals surface area (Å²) in [5.74, 6) is 0.526. The molecule has 5 heteroatoms. The largest absolute Gasteiger partial charge is 0.343 e. The smallest absolute Gasteiger partial charge is 0.225 e. The lowest BCUT2D eigenvalue weighted by Gasteiger charge is -2.33. The second-order valence-corrected chi connectivity index (χ2v) is 8.63. The highest BCUT2D eigenvalue weighted by molar-refractivity contribution is 5.79. The fraction of sp³-hybridized carbons (Fsp3) is 0.739. The van der Waals surface area contributed by atoms with Crippen LogP contribution in [-0.2, 0) is 9.59 Å². The summed E-state index contributed by atoms with van der Waals surface area (Å²) in [4.78, 5) is 30.8. The van der Waals surface area contributed by atoms with Gasteiger partial charge in [0, 0.05) is 58.7 Å². The Bertz CT molecular complexity index is 585. The van der Waals surface area contributed by atoms with Crippen LogP contribution in [0.1, 0.15) is 59.8 Å². The van der Waals surface area contributed by atoms with Crippen molar-refractivity contribution in [3.63, 3.8) is 0 Å². The lowest BCUT2D eigenvalue weighted by atomic mass is 9.95. The minimum Gasteiger partial charge on any atom is -0.343 e. The second kappa shape index (κ2) is 11.4. The molecule has 0 aromatic carbocycles. The Kier molecular flexibility index (Phi) is 9.23. The first kappa shape index (κ1) is 22.7. The van der Waals surface area contributed by atoms with Crippen molar-refractivity contribution in [2.24, 2.45) is 5.92 Å². The quantitative estimate of drug-likeness (QED) is 0.654. The zero-order chi connectivity index (χ0) is 20.5. The van der Waals surface area contributed by atoms with E-state index >= 15 is 0 Å². The third kappa shape index (κ3) is 7.42. The maximum absolute atomic E-state index is 12.9. The molecule has 0 aliphatic carbocycles. The molecule has 2 aliphatic heterocycles. The van der Waals surface area contributed by atoms with Gasteiger partial charge in [-0.2, -0.15) is 0 Å². The van der Waals surface area contributed by atoms with Gasteiger partial charge in [0.2, 0.25) is 11.8 Å². The molecule has 0 aromatic rings. The average molecular weight is 390 g/mol. The number of nitrogens with zero attached hydrogens (tertiary/aromatic N) is 3. The Labute approximate surface area is 171 Å². The monoisotopic (exact) mass is 389 g/mol. The molecular formula is C23H39N3O2. The molecule has 5 nitrogen and oxygen atoms in total. The summed E-state index contributed by atoms with van der Waals surface area (Å²) in [7, 11) is 0. The van der Waals surface area contributed by atoms with Gasteiger partial charge in [-0.3, -0.25) is 14.5 Å². The number of piperidine rings is 1. The maximum atomic E-state index is 12.9. The fourth-order valence-corrected chi connectivity index (χ4v) is 4.05. The number of likely N-dealkylation sites (tertiary alicyclic amines) is 1. The minimum atomic E-state index is 0.0966. The van der Waals surface area contributed by atoms with E-state index < -0.39 is 0 Å². The zero-order valence-corrected chi connectivity index (χ0v) is 18.4. The van der Waals surface area contributed by atoms with Gasteiger partial charge in [0.15, 0.2) is 0 Å². The van der Waals surface area contributed by atoms with Gasteiger partial charge in [0.05, 0.1) is 0 Å². The highest BCUT2D eigenvalue weighted by Crippen LogP contribution is 2.20. The SMILES string of the molecule is CC(=O)N1CCC(C(=O)N2CCCN(C/C=C(\C)CCC=C(C)C)CC2)CC1. The van der Waals surface area contributed by atoms with Gasteiger partial charge in [-0.25, -0.2) is 0 Å². The molecule has 0 spiro atoms. The summed E-state index contributed by atoms with van der Waals surface area (Å²) < 4.78 is 0. The van der Waals surface area contributed by atoms with Crippen molar-refractivity contribution in [2.45, 2.75) is 59.8 Å². The Morgan fingerprint density at radius 2 is 1.57 bits per heavy atom. The summed E-state index contributed by atoms with van der Waals surface area (Å²) in [6.07, 6.45) is 9.57. The molecule has 0 saturated carbocycles. The van der Waals surface area contributed by atoms with E-state index in [1.807, 2.05) is 4.90 Å². The molecule has 0 aromatic heterocycles. The molecule has 2 heterocycles. The van der Waals surface area contributed by atoms with Gasteiger partial charge < -0.3 is 9.80 Å². The molecule has 0 unspecified atom stereocenters. The highest BCUT2D eigenvalue weighted by Gasteiger charge is 2.30. The van der Waals surface area contributed by atoms with Gasteiger partial charge in [-0.15, -0.1) is 0 Å². The summed E-state index contributed by atoms with van der Waals surface area (Å²) in [6.45, 7) is 14.3. The zero-order valence-electron chi connectivity index (χ0n) is 18.4. The van der Waals surface area contributed by atoms with E-state index in [0.717, 1.165) is 77.9 Å². The first-order valence-electron chi connectivity index (χ1n) is 10.9. The highest BCUT2D eigenvalue weighted by atomic mass is 16.2. The number of hydrogen-bond donors (Lipinski definition) is 0.